The molecular formula is C28H28O. The van der Waals surface area contributed by atoms with Crippen LogP contribution in [-0.2, 0) is 6.42 Å². The van der Waals surface area contributed by atoms with Crippen molar-refractivity contribution in [3.8, 4) is 28.0 Å². The Morgan fingerprint density at radius 2 is 1.14 bits per heavy atom. The van der Waals surface area contributed by atoms with Gasteiger partial charge in [0, 0.05) is 16.7 Å². The molecule has 0 unspecified atom stereocenters. The molecule has 146 valence electrons. The van der Waals surface area contributed by atoms with Crippen LogP contribution in [-0.4, -0.2) is 5.11 Å². The van der Waals surface area contributed by atoms with Crippen LogP contribution in [0.5, 0.6) is 5.75 Å². The highest BCUT2D eigenvalue weighted by Gasteiger charge is 2.20. The van der Waals surface area contributed by atoms with Gasteiger partial charge in [-0.1, -0.05) is 111 Å². The molecule has 4 aromatic rings. The topological polar surface area (TPSA) is 20.2 Å². The Labute approximate surface area is 173 Å². The highest BCUT2D eigenvalue weighted by atomic mass is 16.3. The molecule has 1 heteroatoms. The highest BCUT2D eigenvalue weighted by Crippen LogP contribution is 2.46. The molecule has 0 bridgehead atoms. The summed E-state index contributed by atoms with van der Waals surface area (Å²) >= 11 is 0. The number of rotatable bonds is 7. The number of unbranched alkanes of at least 4 members (excludes halogenated alkanes) is 3. The maximum Gasteiger partial charge on any atom is 0.127 e. The van der Waals surface area contributed by atoms with Crippen molar-refractivity contribution < 1.29 is 5.11 Å². The number of aromatic hydroxyl groups is 1. The second kappa shape index (κ2) is 8.96. The summed E-state index contributed by atoms with van der Waals surface area (Å²) in [5.74, 6) is 0.435. The first kappa shape index (κ1) is 19.3. The lowest BCUT2D eigenvalue weighted by Gasteiger charge is -2.20. The van der Waals surface area contributed by atoms with Crippen molar-refractivity contribution in [2.45, 2.75) is 39.0 Å². The Morgan fingerprint density at radius 1 is 0.586 bits per heavy atom. The third-order valence-electron chi connectivity index (χ3n) is 5.70. The summed E-state index contributed by atoms with van der Waals surface area (Å²) in [5.41, 5.74) is 5.33. The van der Waals surface area contributed by atoms with E-state index >= 15 is 0 Å². The summed E-state index contributed by atoms with van der Waals surface area (Å²) < 4.78 is 0. The molecule has 0 aromatic heterocycles. The number of hydrogen-bond donors (Lipinski definition) is 1. The van der Waals surface area contributed by atoms with Gasteiger partial charge in [-0.25, -0.2) is 0 Å². The normalized spacial score (nSPS) is 11.1. The molecule has 0 amide bonds. The molecule has 0 fully saturated rings. The molecule has 0 spiro atoms. The van der Waals surface area contributed by atoms with Gasteiger partial charge in [0.05, 0.1) is 0 Å². The lowest BCUT2D eigenvalue weighted by atomic mass is 9.85. The lowest BCUT2D eigenvalue weighted by molar-refractivity contribution is 0.470. The zero-order valence-corrected chi connectivity index (χ0v) is 17.1. The summed E-state index contributed by atoms with van der Waals surface area (Å²) in [5, 5.41) is 13.9. The Bertz CT molecular complexity index is 1080. The van der Waals surface area contributed by atoms with Crippen LogP contribution in [0.1, 0.15) is 38.2 Å². The van der Waals surface area contributed by atoms with Crippen molar-refractivity contribution in [2.24, 2.45) is 0 Å². The largest absolute Gasteiger partial charge is 0.507 e. The molecule has 0 saturated carbocycles. The van der Waals surface area contributed by atoms with E-state index in [4.69, 9.17) is 0 Å². The summed E-state index contributed by atoms with van der Waals surface area (Å²) in [4.78, 5) is 0. The first-order valence-corrected chi connectivity index (χ1v) is 10.7. The van der Waals surface area contributed by atoms with Crippen LogP contribution in [0.4, 0.5) is 0 Å². The Morgan fingerprint density at radius 3 is 1.76 bits per heavy atom. The van der Waals surface area contributed by atoms with Crippen molar-refractivity contribution in [2.75, 3.05) is 0 Å². The van der Waals surface area contributed by atoms with E-state index in [9.17, 15) is 5.11 Å². The van der Waals surface area contributed by atoms with E-state index < -0.39 is 0 Å². The minimum absolute atomic E-state index is 0.435. The Hall–Kier alpha value is -3.06. The van der Waals surface area contributed by atoms with Gasteiger partial charge in [-0.15, -0.1) is 0 Å². The zero-order chi connectivity index (χ0) is 20.1. The van der Waals surface area contributed by atoms with Gasteiger partial charge in [0.1, 0.15) is 5.75 Å². The molecule has 1 nitrogen and oxygen atoms in total. The fourth-order valence-corrected chi connectivity index (χ4v) is 4.27. The van der Waals surface area contributed by atoms with Crippen LogP contribution >= 0.6 is 0 Å². The Balaban J connectivity index is 2.00. The molecule has 4 rings (SSSR count). The number of hydrogen-bond acceptors (Lipinski definition) is 1. The predicted octanol–water partition coefficient (Wildman–Crippen LogP) is 8.00. The fourth-order valence-electron chi connectivity index (χ4n) is 4.27. The summed E-state index contributed by atoms with van der Waals surface area (Å²) in [6, 6.07) is 29.3. The number of aryl methyl sites for hydroxylation is 1. The van der Waals surface area contributed by atoms with Crippen LogP contribution in [0.15, 0.2) is 84.9 Å². The van der Waals surface area contributed by atoms with E-state index in [0.29, 0.717) is 5.75 Å². The Kier molecular flexibility index (Phi) is 5.95. The predicted molar refractivity (Wildman–Crippen MR) is 124 cm³/mol. The summed E-state index contributed by atoms with van der Waals surface area (Å²) in [6.45, 7) is 2.23. The lowest BCUT2D eigenvalue weighted by Crippen LogP contribution is -1.96. The highest BCUT2D eigenvalue weighted by molar-refractivity contribution is 6.08. The molecule has 1 N–H and O–H groups in total. The van der Waals surface area contributed by atoms with Crippen molar-refractivity contribution in [1.82, 2.24) is 0 Å². The van der Waals surface area contributed by atoms with Gasteiger partial charge in [0.2, 0.25) is 0 Å². The van der Waals surface area contributed by atoms with Crippen molar-refractivity contribution in [3.05, 3.63) is 90.5 Å². The number of phenolic OH excluding ortho intramolecular Hbond substituents is 1. The molecule has 0 aliphatic heterocycles. The average molecular weight is 381 g/mol. The van der Waals surface area contributed by atoms with E-state index in [0.717, 1.165) is 40.7 Å². The quantitative estimate of drug-likeness (QED) is 0.322. The maximum absolute atomic E-state index is 11.5. The minimum atomic E-state index is 0.435. The van der Waals surface area contributed by atoms with Gasteiger partial charge in [-0.3, -0.25) is 0 Å². The van der Waals surface area contributed by atoms with E-state index in [1.807, 2.05) is 24.3 Å². The summed E-state index contributed by atoms with van der Waals surface area (Å²) in [6.07, 6.45) is 5.66. The van der Waals surface area contributed by atoms with Crippen molar-refractivity contribution in [1.29, 1.82) is 0 Å². The smallest absolute Gasteiger partial charge is 0.127 e. The standard InChI is InChI=1S/C28H28O/c1-2-3-4-11-20-25-23-18-12-13-19-24(23)26(21-14-7-5-8-15-21)27(28(25)29)22-16-9-6-10-17-22/h5-10,12-19,29H,2-4,11,20H2,1H3. The van der Waals surface area contributed by atoms with Gasteiger partial charge in [-0.05, 0) is 34.7 Å². The monoisotopic (exact) mass is 380 g/mol. The van der Waals surface area contributed by atoms with Gasteiger partial charge >= 0.3 is 0 Å². The maximum atomic E-state index is 11.5. The van der Waals surface area contributed by atoms with E-state index in [2.05, 4.69) is 67.6 Å². The number of benzene rings is 4. The number of fused-ring (bicyclic) bond motifs is 1. The van der Waals surface area contributed by atoms with Crippen LogP contribution in [0.3, 0.4) is 0 Å². The molecule has 4 aromatic carbocycles. The van der Waals surface area contributed by atoms with Crippen LogP contribution in [0.25, 0.3) is 33.0 Å². The second-order valence-electron chi connectivity index (χ2n) is 7.67. The van der Waals surface area contributed by atoms with Gasteiger partial charge < -0.3 is 5.11 Å². The third-order valence-corrected chi connectivity index (χ3v) is 5.70. The molecule has 0 heterocycles. The molecule has 0 aliphatic rings. The SMILES string of the molecule is CCCCCCc1c(O)c(-c2ccccc2)c(-c2ccccc2)c2ccccc12. The van der Waals surface area contributed by atoms with Gasteiger partial charge in [0.15, 0.2) is 0 Å². The van der Waals surface area contributed by atoms with Crippen molar-refractivity contribution in [3.63, 3.8) is 0 Å². The van der Waals surface area contributed by atoms with Gasteiger partial charge in [-0.2, -0.15) is 0 Å². The first-order chi connectivity index (χ1) is 14.3. The third kappa shape index (κ3) is 3.91. The molecule has 29 heavy (non-hydrogen) atoms. The first-order valence-electron chi connectivity index (χ1n) is 10.7. The minimum Gasteiger partial charge on any atom is -0.507 e. The molecular weight excluding hydrogens is 352 g/mol. The fraction of sp³-hybridized carbons (Fsp3) is 0.214. The average Bonchev–Trinajstić information content (AvgIpc) is 2.78. The second-order valence-corrected chi connectivity index (χ2v) is 7.67. The summed E-state index contributed by atoms with van der Waals surface area (Å²) in [7, 11) is 0. The molecule has 0 atom stereocenters. The van der Waals surface area contributed by atoms with Crippen LogP contribution < -0.4 is 0 Å². The van der Waals surface area contributed by atoms with E-state index in [1.165, 1.54) is 30.0 Å². The van der Waals surface area contributed by atoms with Crippen LogP contribution in [0, 0.1) is 0 Å². The van der Waals surface area contributed by atoms with E-state index in [1.54, 1.807) is 0 Å². The molecule has 0 aliphatic carbocycles. The zero-order valence-electron chi connectivity index (χ0n) is 17.1. The van der Waals surface area contributed by atoms with E-state index in [-0.39, 0.29) is 0 Å². The van der Waals surface area contributed by atoms with Crippen molar-refractivity contribution >= 4 is 10.8 Å². The number of phenols is 1. The van der Waals surface area contributed by atoms with Gasteiger partial charge in [0.25, 0.3) is 0 Å². The molecule has 0 saturated heterocycles. The van der Waals surface area contributed by atoms with Crippen LogP contribution in [0.2, 0.25) is 0 Å². The molecule has 0 radical (unpaired) electrons.